The van der Waals surface area contributed by atoms with Crippen LogP contribution in [0.1, 0.15) is 12.0 Å². The van der Waals surface area contributed by atoms with Gasteiger partial charge in [-0.15, -0.1) is 0 Å². The van der Waals surface area contributed by atoms with Crippen LogP contribution in [0.2, 0.25) is 0 Å². The zero-order valence-electron chi connectivity index (χ0n) is 10.3. The van der Waals surface area contributed by atoms with E-state index in [1.807, 2.05) is 0 Å². The van der Waals surface area contributed by atoms with Gasteiger partial charge in [-0.2, -0.15) is 0 Å². The van der Waals surface area contributed by atoms with Gasteiger partial charge >= 0.3 is 5.97 Å². The fourth-order valence-electron chi connectivity index (χ4n) is 2.31. The number of carboxylic acid groups (broad SMARTS) is 1. The predicted octanol–water partition coefficient (Wildman–Crippen LogP) is 0.927. The molecule has 0 aliphatic carbocycles. The summed E-state index contributed by atoms with van der Waals surface area (Å²) in [4.78, 5) is 23.0. The number of hydrogen-bond donors (Lipinski definition) is 2. The number of nitro benzene ring substituents is 1. The fraction of sp³-hybridized carbons (Fsp3) is 0.417. The van der Waals surface area contributed by atoms with Crippen molar-refractivity contribution in [3.63, 3.8) is 0 Å². The number of aliphatic hydroxyl groups is 1. The summed E-state index contributed by atoms with van der Waals surface area (Å²) in [5.41, 5.74) is 0.907. The van der Waals surface area contributed by atoms with Crippen LogP contribution in [0.25, 0.3) is 0 Å². The van der Waals surface area contributed by atoms with Crippen LogP contribution in [0.5, 0.6) is 0 Å². The Morgan fingerprint density at radius 3 is 2.79 bits per heavy atom. The first-order chi connectivity index (χ1) is 8.90. The van der Waals surface area contributed by atoms with Crippen molar-refractivity contribution in [3.8, 4) is 0 Å². The van der Waals surface area contributed by atoms with Crippen molar-refractivity contribution in [2.24, 2.45) is 0 Å². The first kappa shape index (κ1) is 13.3. The average Bonchev–Trinajstić information content (AvgIpc) is 2.71. The molecule has 0 aromatic heterocycles. The van der Waals surface area contributed by atoms with Crippen molar-refractivity contribution in [1.29, 1.82) is 0 Å². The van der Waals surface area contributed by atoms with Gasteiger partial charge in [0.05, 0.1) is 11.0 Å². The number of carbonyl (C=O) groups is 1. The highest BCUT2D eigenvalue weighted by Gasteiger charge is 2.36. The Hall–Kier alpha value is -2.15. The fourth-order valence-corrected chi connectivity index (χ4v) is 2.31. The molecule has 102 valence electrons. The number of nitro groups is 1. The topological polar surface area (TPSA) is 104 Å². The minimum atomic E-state index is -1.04. The number of β-amino-alcohol motifs (C(OH)–C–C–N with tert-alkyl or cyclic N) is 1. The van der Waals surface area contributed by atoms with Crippen LogP contribution in [0, 0.1) is 17.0 Å². The highest BCUT2D eigenvalue weighted by atomic mass is 16.6. The van der Waals surface area contributed by atoms with Gasteiger partial charge in [0.1, 0.15) is 6.04 Å². The van der Waals surface area contributed by atoms with Crippen molar-refractivity contribution < 1.29 is 19.9 Å². The third kappa shape index (κ3) is 2.50. The summed E-state index contributed by atoms with van der Waals surface area (Å²) in [6, 6.07) is 3.72. The van der Waals surface area contributed by atoms with Crippen molar-refractivity contribution in [2.75, 3.05) is 11.4 Å². The van der Waals surface area contributed by atoms with Crippen LogP contribution in [-0.2, 0) is 4.79 Å². The van der Waals surface area contributed by atoms with E-state index in [1.54, 1.807) is 19.1 Å². The van der Waals surface area contributed by atoms with Crippen LogP contribution >= 0.6 is 0 Å². The summed E-state index contributed by atoms with van der Waals surface area (Å²) in [6.45, 7) is 1.78. The lowest BCUT2D eigenvalue weighted by Gasteiger charge is -2.23. The predicted molar refractivity (Wildman–Crippen MR) is 67.2 cm³/mol. The van der Waals surface area contributed by atoms with Crippen molar-refractivity contribution in [2.45, 2.75) is 25.5 Å². The molecule has 7 nitrogen and oxygen atoms in total. The largest absolute Gasteiger partial charge is 0.480 e. The van der Waals surface area contributed by atoms with E-state index in [4.69, 9.17) is 5.11 Å². The summed E-state index contributed by atoms with van der Waals surface area (Å²) < 4.78 is 0. The Bertz CT molecular complexity index is 531. The summed E-state index contributed by atoms with van der Waals surface area (Å²) >= 11 is 0. The van der Waals surface area contributed by atoms with Gasteiger partial charge in [0.15, 0.2) is 0 Å². The Morgan fingerprint density at radius 1 is 1.53 bits per heavy atom. The van der Waals surface area contributed by atoms with Gasteiger partial charge < -0.3 is 15.1 Å². The van der Waals surface area contributed by atoms with Gasteiger partial charge in [0.25, 0.3) is 5.69 Å². The number of carboxylic acids is 1. The second-order valence-electron chi connectivity index (χ2n) is 4.62. The molecule has 1 aromatic rings. The van der Waals surface area contributed by atoms with Gasteiger partial charge in [-0.1, -0.05) is 6.07 Å². The van der Waals surface area contributed by atoms with Crippen LogP contribution < -0.4 is 4.90 Å². The van der Waals surface area contributed by atoms with Gasteiger partial charge in [-0.3, -0.25) is 10.1 Å². The molecule has 1 aliphatic heterocycles. The molecule has 0 radical (unpaired) electrons. The summed E-state index contributed by atoms with van der Waals surface area (Å²) in [5.74, 6) is -1.04. The second-order valence-corrected chi connectivity index (χ2v) is 4.62. The molecule has 7 heteroatoms. The van der Waals surface area contributed by atoms with E-state index in [2.05, 4.69) is 0 Å². The SMILES string of the molecule is Cc1ccc(N2CC(O)CC2C(=O)O)cc1[N+](=O)[O-]. The van der Waals surface area contributed by atoms with Crippen LogP contribution in [0.15, 0.2) is 18.2 Å². The number of rotatable bonds is 3. The molecule has 1 heterocycles. The number of anilines is 1. The Balaban J connectivity index is 2.38. The number of aryl methyl sites for hydroxylation is 1. The van der Waals surface area contributed by atoms with E-state index in [-0.39, 0.29) is 18.7 Å². The van der Waals surface area contributed by atoms with Gasteiger partial charge in [0.2, 0.25) is 0 Å². The quantitative estimate of drug-likeness (QED) is 0.623. The van der Waals surface area contributed by atoms with E-state index in [1.165, 1.54) is 11.0 Å². The lowest BCUT2D eigenvalue weighted by Crippen LogP contribution is -2.36. The standard InChI is InChI=1S/C12H14N2O5/c1-7-2-3-8(4-10(7)14(18)19)13-6-9(15)5-11(13)12(16)17/h2-4,9,11,15H,5-6H2,1H3,(H,16,17). The summed E-state index contributed by atoms with van der Waals surface area (Å²) in [5, 5.41) is 29.6. The lowest BCUT2D eigenvalue weighted by molar-refractivity contribution is -0.385. The van der Waals surface area contributed by atoms with E-state index < -0.39 is 23.0 Å². The normalized spacial score (nSPS) is 22.5. The molecule has 19 heavy (non-hydrogen) atoms. The maximum Gasteiger partial charge on any atom is 0.326 e. The van der Waals surface area contributed by atoms with Crippen LogP contribution in [0.3, 0.4) is 0 Å². The highest BCUT2D eigenvalue weighted by Crippen LogP contribution is 2.30. The lowest BCUT2D eigenvalue weighted by atomic mass is 10.1. The molecule has 0 saturated carbocycles. The van der Waals surface area contributed by atoms with E-state index in [0.717, 1.165) is 0 Å². The number of nitrogens with zero attached hydrogens (tertiary/aromatic N) is 2. The minimum Gasteiger partial charge on any atom is -0.480 e. The van der Waals surface area contributed by atoms with E-state index in [9.17, 15) is 20.0 Å². The van der Waals surface area contributed by atoms with Crippen molar-refractivity contribution >= 4 is 17.3 Å². The first-order valence-corrected chi connectivity index (χ1v) is 5.82. The number of benzene rings is 1. The minimum absolute atomic E-state index is 0.0528. The van der Waals surface area contributed by atoms with Crippen LogP contribution in [0.4, 0.5) is 11.4 Å². The molecule has 1 fully saturated rings. The smallest absolute Gasteiger partial charge is 0.326 e. The molecule has 1 aliphatic rings. The number of hydrogen-bond acceptors (Lipinski definition) is 5. The first-order valence-electron chi connectivity index (χ1n) is 5.82. The average molecular weight is 266 g/mol. The number of aliphatic hydroxyl groups excluding tert-OH is 1. The third-order valence-electron chi connectivity index (χ3n) is 3.29. The van der Waals surface area contributed by atoms with Crippen molar-refractivity contribution in [1.82, 2.24) is 0 Å². The molecule has 0 bridgehead atoms. The molecule has 2 unspecified atom stereocenters. The third-order valence-corrected chi connectivity index (χ3v) is 3.29. The highest BCUT2D eigenvalue weighted by molar-refractivity contribution is 5.79. The van der Waals surface area contributed by atoms with Crippen LogP contribution in [-0.4, -0.2) is 39.8 Å². The number of aliphatic carboxylic acids is 1. The van der Waals surface area contributed by atoms with E-state index >= 15 is 0 Å². The maximum atomic E-state index is 11.1. The molecule has 0 spiro atoms. The van der Waals surface area contributed by atoms with Crippen molar-refractivity contribution in [3.05, 3.63) is 33.9 Å². The molecule has 2 rings (SSSR count). The molecular formula is C12H14N2O5. The molecule has 1 aromatic carbocycles. The second kappa shape index (κ2) is 4.85. The molecule has 2 atom stereocenters. The van der Waals surface area contributed by atoms with E-state index in [0.29, 0.717) is 11.3 Å². The maximum absolute atomic E-state index is 11.1. The molecule has 0 amide bonds. The zero-order valence-corrected chi connectivity index (χ0v) is 10.3. The zero-order chi connectivity index (χ0) is 14.2. The molecular weight excluding hydrogens is 252 g/mol. The molecule has 2 N–H and O–H groups in total. The Labute approximate surface area is 109 Å². The Morgan fingerprint density at radius 2 is 2.21 bits per heavy atom. The monoisotopic (exact) mass is 266 g/mol. The Kier molecular flexibility index (Phi) is 3.39. The molecule has 1 saturated heterocycles. The summed E-state index contributed by atoms with van der Waals surface area (Å²) in [6.07, 6.45) is -0.613. The van der Waals surface area contributed by atoms with Gasteiger partial charge in [-0.05, 0) is 13.0 Å². The van der Waals surface area contributed by atoms with Gasteiger partial charge in [0, 0.05) is 30.3 Å². The van der Waals surface area contributed by atoms with Gasteiger partial charge in [-0.25, -0.2) is 4.79 Å². The summed E-state index contributed by atoms with van der Waals surface area (Å²) in [7, 11) is 0.